The Hall–Kier alpha value is -2.31. The van der Waals surface area contributed by atoms with Gasteiger partial charge in [0.2, 0.25) is 0 Å². The Kier molecular flexibility index (Phi) is 3.87. The smallest absolute Gasteiger partial charge is 0.283 e. The van der Waals surface area contributed by atoms with Crippen molar-refractivity contribution in [2.75, 3.05) is 19.8 Å². The molecule has 1 spiro atoms. The van der Waals surface area contributed by atoms with Crippen molar-refractivity contribution in [3.05, 3.63) is 52.8 Å². The third-order valence-electron chi connectivity index (χ3n) is 6.08. The van der Waals surface area contributed by atoms with Crippen molar-refractivity contribution in [3.8, 4) is 16.9 Å². The zero-order valence-corrected chi connectivity index (χ0v) is 16.1. The monoisotopic (exact) mass is 402 g/mol. The van der Waals surface area contributed by atoms with Crippen LogP contribution in [0, 0.1) is 11.7 Å². The zero-order valence-electron chi connectivity index (χ0n) is 15.4. The topological polar surface area (TPSA) is 66.1 Å². The van der Waals surface area contributed by atoms with Crippen molar-refractivity contribution in [3.63, 3.8) is 0 Å². The van der Waals surface area contributed by atoms with E-state index >= 15 is 0 Å². The Balaban J connectivity index is 1.70. The first-order valence-corrected chi connectivity index (χ1v) is 9.63. The first kappa shape index (κ1) is 17.8. The van der Waals surface area contributed by atoms with Crippen LogP contribution < -0.4 is 10.5 Å². The number of ether oxygens (including phenoxy) is 3. The Labute approximate surface area is 167 Å². The molecule has 3 atom stereocenters. The predicted octanol–water partition coefficient (Wildman–Crippen LogP) is 3.87. The van der Waals surface area contributed by atoms with Crippen molar-refractivity contribution >= 4 is 17.6 Å². The van der Waals surface area contributed by atoms with Crippen LogP contribution in [0.1, 0.15) is 18.9 Å². The molecule has 0 amide bonds. The van der Waals surface area contributed by atoms with Gasteiger partial charge in [0.25, 0.3) is 6.02 Å². The third-order valence-corrected chi connectivity index (χ3v) is 6.29. The van der Waals surface area contributed by atoms with Gasteiger partial charge in [-0.3, -0.25) is 0 Å². The van der Waals surface area contributed by atoms with E-state index in [1.54, 1.807) is 6.07 Å². The van der Waals surface area contributed by atoms with Crippen LogP contribution >= 0.6 is 11.6 Å². The van der Waals surface area contributed by atoms with Crippen LogP contribution in [-0.2, 0) is 15.0 Å². The summed E-state index contributed by atoms with van der Waals surface area (Å²) in [6, 6.07) is 10.4. The van der Waals surface area contributed by atoms with Gasteiger partial charge in [-0.1, -0.05) is 17.7 Å². The lowest BCUT2D eigenvalue weighted by Gasteiger charge is -2.52. The second-order valence-electron chi connectivity index (χ2n) is 7.82. The summed E-state index contributed by atoms with van der Waals surface area (Å²) in [7, 11) is 0. The van der Waals surface area contributed by atoms with Gasteiger partial charge in [-0.05, 0) is 48.4 Å². The first-order chi connectivity index (χ1) is 13.4. The standard InChI is InChI=1S/C21H20ClFN2O3/c1-20-4-5-26-10-18(20)21(11-27-19(24)25-21)16-8-12(2-3-17(16)28-20)13-6-14(22)9-15(23)7-13/h2-3,6-9,18H,4-5,10-11H2,1H3,(H2,24,25)/t18-,20+,21+/m1/s1. The third kappa shape index (κ3) is 2.58. The van der Waals surface area contributed by atoms with Gasteiger partial charge >= 0.3 is 0 Å². The van der Waals surface area contributed by atoms with Crippen LogP contribution in [0.25, 0.3) is 11.1 Å². The highest BCUT2D eigenvalue weighted by Gasteiger charge is 2.59. The number of nitrogens with two attached hydrogens (primary N) is 1. The molecule has 2 aromatic carbocycles. The summed E-state index contributed by atoms with van der Waals surface area (Å²) in [5.41, 5.74) is 7.20. The van der Waals surface area contributed by atoms with Crippen LogP contribution in [-0.4, -0.2) is 31.4 Å². The maximum atomic E-state index is 13.9. The molecular formula is C21H20ClFN2O3. The number of halogens is 2. The lowest BCUT2D eigenvalue weighted by molar-refractivity contribution is -0.129. The fourth-order valence-electron chi connectivity index (χ4n) is 4.65. The van der Waals surface area contributed by atoms with Gasteiger partial charge in [0.15, 0.2) is 0 Å². The molecule has 3 aliphatic heterocycles. The number of nitrogens with zero attached hydrogens (tertiary/aromatic N) is 1. The molecule has 3 heterocycles. The van der Waals surface area contributed by atoms with Gasteiger partial charge in [-0.25, -0.2) is 9.38 Å². The van der Waals surface area contributed by atoms with E-state index in [-0.39, 0.29) is 17.8 Å². The van der Waals surface area contributed by atoms with E-state index in [0.717, 1.165) is 23.3 Å². The summed E-state index contributed by atoms with van der Waals surface area (Å²) < 4.78 is 31.7. The molecule has 2 N–H and O–H groups in total. The van der Waals surface area contributed by atoms with E-state index in [9.17, 15) is 4.39 Å². The van der Waals surface area contributed by atoms with Crippen molar-refractivity contribution in [2.24, 2.45) is 16.6 Å². The first-order valence-electron chi connectivity index (χ1n) is 9.26. The molecule has 146 valence electrons. The molecule has 28 heavy (non-hydrogen) atoms. The van der Waals surface area contributed by atoms with Crippen molar-refractivity contribution < 1.29 is 18.6 Å². The van der Waals surface area contributed by atoms with Crippen molar-refractivity contribution in [1.29, 1.82) is 0 Å². The van der Waals surface area contributed by atoms with Crippen molar-refractivity contribution in [2.45, 2.75) is 24.5 Å². The van der Waals surface area contributed by atoms with Crippen LogP contribution in [0.4, 0.5) is 4.39 Å². The highest BCUT2D eigenvalue weighted by atomic mass is 35.5. The SMILES string of the molecule is C[C@]12CCOC[C@H]1[C@]1(COC(N)=N1)c1cc(-c3cc(F)cc(Cl)c3)ccc1O2. The molecule has 1 fully saturated rings. The van der Waals surface area contributed by atoms with E-state index < -0.39 is 11.1 Å². The normalized spacial score (nSPS) is 30.8. The van der Waals surface area contributed by atoms with Crippen LogP contribution in [0.15, 0.2) is 41.4 Å². The summed E-state index contributed by atoms with van der Waals surface area (Å²) in [4.78, 5) is 4.73. The van der Waals surface area contributed by atoms with Gasteiger partial charge < -0.3 is 19.9 Å². The molecular weight excluding hydrogens is 383 g/mol. The molecule has 0 aromatic heterocycles. The number of benzene rings is 2. The Morgan fingerprint density at radius 2 is 2.07 bits per heavy atom. The van der Waals surface area contributed by atoms with Crippen LogP contribution in [0.2, 0.25) is 5.02 Å². The molecule has 0 aliphatic carbocycles. The number of hydrogen-bond acceptors (Lipinski definition) is 5. The van der Waals surface area contributed by atoms with Gasteiger partial charge in [0.1, 0.15) is 29.3 Å². The summed E-state index contributed by atoms with van der Waals surface area (Å²) in [6.45, 7) is 3.56. The number of fused-ring (bicyclic) bond motifs is 4. The van der Waals surface area contributed by atoms with Crippen LogP contribution in [0.3, 0.4) is 0 Å². The number of amidine groups is 1. The highest BCUT2D eigenvalue weighted by molar-refractivity contribution is 6.30. The van der Waals surface area contributed by atoms with Crippen LogP contribution in [0.5, 0.6) is 5.75 Å². The average molecular weight is 403 g/mol. The molecule has 0 radical (unpaired) electrons. The van der Waals surface area contributed by atoms with E-state index in [4.69, 9.17) is 36.5 Å². The van der Waals surface area contributed by atoms with E-state index in [1.807, 2.05) is 18.2 Å². The summed E-state index contributed by atoms with van der Waals surface area (Å²) >= 11 is 6.05. The largest absolute Gasteiger partial charge is 0.487 e. The second kappa shape index (κ2) is 6.09. The quantitative estimate of drug-likeness (QED) is 0.786. The maximum absolute atomic E-state index is 13.9. The number of rotatable bonds is 1. The minimum Gasteiger partial charge on any atom is -0.487 e. The maximum Gasteiger partial charge on any atom is 0.283 e. The highest BCUT2D eigenvalue weighted by Crippen LogP contribution is 2.54. The molecule has 1 saturated heterocycles. The summed E-state index contributed by atoms with van der Waals surface area (Å²) in [5, 5.41) is 0.346. The van der Waals surface area contributed by atoms with Gasteiger partial charge in [0, 0.05) is 17.0 Å². The molecule has 3 aliphatic rings. The Morgan fingerprint density at radius 3 is 2.82 bits per heavy atom. The molecule has 5 rings (SSSR count). The van der Waals surface area contributed by atoms with Gasteiger partial charge in [-0.2, -0.15) is 0 Å². The Morgan fingerprint density at radius 1 is 1.21 bits per heavy atom. The molecule has 0 unspecified atom stereocenters. The second-order valence-corrected chi connectivity index (χ2v) is 8.26. The predicted molar refractivity (Wildman–Crippen MR) is 104 cm³/mol. The fraction of sp³-hybridized carbons (Fsp3) is 0.381. The lowest BCUT2D eigenvalue weighted by atomic mass is 9.66. The van der Waals surface area contributed by atoms with E-state index in [1.165, 1.54) is 12.1 Å². The molecule has 0 saturated carbocycles. The van der Waals surface area contributed by atoms with E-state index in [0.29, 0.717) is 30.4 Å². The minimum atomic E-state index is -0.694. The molecule has 7 heteroatoms. The number of hydrogen-bond donors (Lipinski definition) is 1. The molecule has 5 nitrogen and oxygen atoms in total. The Bertz CT molecular complexity index is 977. The lowest BCUT2D eigenvalue weighted by Crippen LogP contribution is -2.59. The molecule has 0 bridgehead atoms. The van der Waals surface area contributed by atoms with E-state index in [2.05, 4.69) is 6.92 Å². The van der Waals surface area contributed by atoms with Crippen molar-refractivity contribution in [1.82, 2.24) is 0 Å². The fourth-order valence-corrected chi connectivity index (χ4v) is 4.87. The summed E-state index contributed by atoms with van der Waals surface area (Å²) in [6.07, 6.45) is 0.759. The van der Waals surface area contributed by atoms with Gasteiger partial charge in [-0.15, -0.1) is 0 Å². The zero-order chi connectivity index (χ0) is 19.5. The molecule has 2 aromatic rings. The average Bonchev–Trinajstić information content (AvgIpc) is 3.03. The minimum absolute atomic E-state index is 0.0475. The number of aliphatic imine (C=N–C) groups is 1. The van der Waals surface area contributed by atoms with Gasteiger partial charge in [0.05, 0.1) is 19.1 Å². The summed E-state index contributed by atoms with van der Waals surface area (Å²) in [5.74, 6) is 0.313.